The van der Waals surface area contributed by atoms with E-state index in [0.717, 1.165) is 6.42 Å². The van der Waals surface area contributed by atoms with Crippen molar-refractivity contribution in [1.29, 1.82) is 0 Å². The molecule has 0 atom stereocenters. The summed E-state index contributed by atoms with van der Waals surface area (Å²) in [4.78, 5) is 11.0. The van der Waals surface area contributed by atoms with Gasteiger partial charge in [0.1, 0.15) is 12.2 Å². The van der Waals surface area contributed by atoms with E-state index in [2.05, 4.69) is 6.58 Å². The van der Waals surface area contributed by atoms with Crippen LogP contribution in [-0.2, 0) is 14.3 Å². The van der Waals surface area contributed by atoms with E-state index in [1.165, 1.54) is 0 Å². The maximum absolute atomic E-state index is 11.0. The van der Waals surface area contributed by atoms with E-state index in [1.807, 2.05) is 20.8 Å². The molecule has 13 heavy (non-hydrogen) atoms. The van der Waals surface area contributed by atoms with Crippen LogP contribution in [0.15, 0.2) is 12.7 Å². The number of hydrogen-bond donors (Lipinski definition) is 0. The topological polar surface area (TPSA) is 35.5 Å². The van der Waals surface area contributed by atoms with Crippen LogP contribution in [0.3, 0.4) is 0 Å². The van der Waals surface area contributed by atoms with Gasteiger partial charge in [-0.15, -0.1) is 6.58 Å². The van der Waals surface area contributed by atoms with Gasteiger partial charge in [0, 0.05) is 0 Å². The van der Waals surface area contributed by atoms with Crippen LogP contribution in [0, 0.1) is 0 Å². The molecule has 0 bridgehead atoms. The van der Waals surface area contributed by atoms with Gasteiger partial charge in [0.2, 0.25) is 0 Å². The summed E-state index contributed by atoms with van der Waals surface area (Å²) in [7, 11) is 0. The molecule has 0 aliphatic rings. The van der Waals surface area contributed by atoms with Gasteiger partial charge in [-0.3, -0.25) is 0 Å². The lowest BCUT2D eigenvalue weighted by Crippen LogP contribution is -2.26. The van der Waals surface area contributed by atoms with Gasteiger partial charge in [0.25, 0.3) is 0 Å². The summed E-state index contributed by atoms with van der Waals surface area (Å²) in [6.07, 6.45) is 2.50. The zero-order valence-corrected chi connectivity index (χ0v) is 8.63. The Morgan fingerprint density at radius 2 is 2.08 bits per heavy atom. The van der Waals surface area contributed by atoms with E-state index in [4.69, 9.17) is 9.47 Å². The lowest BCUT2D eigenvalue weighted by atomic mass is 10.2. The van der Waals surface area contributed by atoms with Gasteiger partial charge < -0.3 is 9.47 Å². The van der Waals surface area contributed by atoms with Crippen molar-refractivity contribution in [3.8, 4) is 0 Å². The van der Waals surface area contributed by atoms with Crippen LogP contribution in [0.4, 0.5) is 0 Å². The Bertz CT molecular complexity index is 167. The lowest BCUT2D eigenvalue weighted by molar-refractivity contribution is -0.160. The second-order valence-corrected chi connectivity index (χ2v) is 3.72. The van der Waals surface area contributed by atoms with Gasteiger partial charge in [0.15, 0.2) is 0 Å². The smallest absolute Gasteiger partial charge is 0.332 e. The molecule has 0 spiro atoms. The third kappa shape index (κ3) is 9.08. The molecule has 0 aliphatic heterocycles. The minimum absolute atomic E-state index is 0.0190. The standard InChI is InChI=1S/C10H18O3/c1-5-6-7-12-8-9(11)13-10(2,3)4/h5H,1,6-8H2,2-4H3. The fourth-order valence-electron chi connectivity index (χ4n) is 0.693. The van der Waals surface area contributed by atoms with E-state index in [9.17, 15) is 4.79 Å². The van der Waals surface area contributed by atoms with Crippen molar-refractivity contribution in [3.63, 3.8) is 0 Å². The van der Waals surface area contributed by atoms with E-state index in [0.29, 0.717) is 6.61 Å². The molecule has 3 heteroatoms. The first-order valence-electron chi connectivity index (χ1n) is 4.36. The molecule has 0 rings (SSSR count). The van der Waals surface area contributed by atoms with Gasteiger partial charge in [-0.05, 0) is 27.2 Å². The summed E-state index contributed by atoms with van der Waals surface area (Å²) in [5, 5.41) is 0. The summed E-state index contributed by atoms with van der Waals surface area (Å²) in [6, 6.07) is 0. The summed E-state index contributed by atoms with van der Waals surface area (Å²) >= 11 is 0. The van der Waals surface area contributed by atoms with Gasteiger partial charge in [-0.2, -0.15) is 0 Å². The molecular formula is C10H18O3. The molecule has 0 aromatic rings. The number of carbonyl (C=O) groups excluding carboxylic acids is 1. The minimum atomic E-state index is -0.432. The Labute approximate surface area is 79.7 Å². The van der Waals surface area contributed by atoms with Crippen molar-refractivity contribution in [1.82, 2.24) is 0 Å². The highest BCUT2D eigenvalue weighted by atomic mass is 16.6. The Hall–Kier alpha value is -0.830. The van der Waals surface area contributed by atoms with Crippen LogP contribution in [0.2, 0.25) is 0 Å². The average molecular weight is 186 g/mol. The van der Waals surface area contributed by atoms with Crippen molar-refractivity contribution < 1.29 is 14.3 Å². The van der Waals surface area contributed by atoms with Gasteiger partial charge in [-0.25, -0.2) is 4.79 Å². The van der Waals surface area contributed by atoms with Crippen LogP contribution < -0.4 is 0 Å². The Balaban J connectivity index is 3.47. The highest BCUT2D eigenvalue weighted by Gasteiger charge is 2.15. The van der Waals surface area contributed by atoms with Crippen LogP contribution >= 0.6 is 0 Å². The molecule has 0 fully saturated rings. The van der Waals surface area contributed by atoms with Crippen molar-refractivity contribution in [2.24, 2.45) is 0 Å². The van der Waals surface area contributed by atoms with Crippen LogP contribution in [0.1, 0.15) is 27.2 Å². The second kappa shape index (κ2) is 5.75. The van der Waals surface area contributed by atoms with Crippen molar-refractivity contribution >= 4 is 5.97 Å². The first kappa shape index (κ1) is 12.2. The minimum Gasteiger partial charge on any atom is -0.458 e. The molecule has 76 valence electrons. The normalized spacial score (nSPS) is 11.0. The van der Waals surface area contributed by atoms with Crippen molar-refractivity contribution in [2.75, 3.05) is 13.2 Å². The van der Waals surface area contributed by atoms with Crippen LogP contribution in [-0.4, -0.2) is 24.8 Å². The fourth-order valence-corrected chi connectivity index (χ4v) is 0.693. The first-order valence-corrected chi connectivity index (χ1v) is 4.36. The maximum Gasteiger partial charge on any atom is 0.332 e. The molecule has 0 aromatic carbocycles. The number of hydrogen-bond acceptors (Lipinski definition) is 3. The highest BCUT2D eigenvalue weighted by Crippen LogP contribution is 2.06. The molecule has 0 saturated carbocycles. The molecule has 0 amide bonds. The fraction of sp³-hybridized carbons (Fsp3) is 0.700. The summed E-state index contributed by atoms with van der Waals surface area (Å²) in [5.74, 6) is -0.323. The van der Waals surface area contributed by atoms with E-state index in [1.54, 1.807) is 6.08 Å². The summed E-state index contributed by atoms with van der Waals surface area (Å²) in [5.41, 5.74) is -0.432. The van der Waals surface area contributed by atoms with Crippen molar-refractivity contribution in [2.45, 2.75) is 32.8 Å². The quantitative estimate of drug-likeness (QED) is 0.374. The molecule has 0 aromatic heterocycles. The number of ether oxygens (including phenoxy) is 2. The Kier molecular flexibility index (Phi) is 5.39. The number of rotatable bonds is 5. The molecule has 0 heterocycles. The molecule has 3 nitrogen and oxygen atoms in total. The van der Waals surface area contributed by atoms with Gasteiger partial charge >= 0.3 is 5.97 Å². The van der Waals surface area contributed by atoms with Gasteiger partial charge in [-0.1, -0.05) is 6.08 Å². The molecule has 0 radical (unpaired) electrons. The average Bonchev–Trinajstić information content (AvgIpc) is 1.94. The zero-order chi connectivity index (χ0) is 10.3. The van der Waals surface area contributed by atoms with E-state index in [-0.39, 0.29) is 12.6 Å². The van der Waals surface area contributed by atoms with Gasteiger partial charge in [0.05, 0.1) is 6.61 Å². The zero-order valence-electron chi connectivity index (χ0n) is 8.63. The molecule has 0 unspecified atom stereocenters. The lowest BCUT2D eigenvalue weighted by Gasteiger charge is -2.19. The first-order chi connectivity index (χ1) is 5.95. The molecule has 0 saturated heterocycles. The van der Waals surface area contributed by atoms with E-state index < -0.39 is 5.60 Å². The third-order valence-corrected chi connectivity index (χ3v) is 1.11. The largest absolute Gasteiger partial charge is 0.458 e. The maximum atomic E-state index is 11.0. The van der Waals surface area contributed by atoms with Crippen LogP contribution in [0.25, 0.3) is 0 Å². The molecule has 0 aliphatic carbocycles. The van der Waals surface area contributed by atoms with Crippen LogP contribution in [0.5, 0.6) is 0 Å². The molecular weight excluding hydrogens is 168 g/mol. The molecule has 0 N–H and O–H groups in total. The third-order valence-electron chi connectivity index (χ3n) is 1.11. The SMILES string of the molecule is C=CCCOCC(=O)OC(C)(C)C. The Morgan fingerprint density at radius 3 is 2.54 bits per heavy atom. The number of carbonyl (C=O) groups is 1. The summed E-state index contributed by atoms with van der Waals surface area (Å²) in [6.45, 7) is 9.56. The van der Waals surface area contributed by atoms with E-state index >= 15 is 0 Å². The summed E-state index contributed by atoms with van der Waals surface area (Å²) < 4.78 is 10.1. The van der Waals surface area contributed by atoms with Crippen molar-refractivity contribution in [3.05, 3.63) is 12.7 Å². The monoisotopic (exact) mass is 186 g/mol. The predicted molar refractivity (Wildman–Crippen MR) is 51.5 cm³/mol. The second-order valence-electron chi connectivity index (χ2n) is 3.72. The predicted octanol–water partition coefficient (Wildman–Crippen LogP) is 1.92. The number of esters is 1. The highest BCUT2D eigenvalue weighted by molar-refractivity contribution is 5.71. The Morgan fingerprint density at radius 1 is 1.46 bits per heavy atom.